The molecule has 2 aromatic rings. The van der Waals surface area contributed by atoms with Crippen LogP contribution in [0.15, 0.2) is 53.5 Å². The lowest BCUT2D eigenvalue weighted by molar-refractivity contribution is 0.265. The summed E-state index contributed by atoms with van der Waals surface area (Å²) in [6.07, 6.45) is 0. The predicted octanol–water partition coefficient (Wildman–Crippen LogP) is 3.34. The zero-order valence-electron chi connectivity index (χ0n) is 17.4. The van der Waals surface area contributed by atoms with E-state index in [1.807, 2.05) is 62.3 Å². The van der Waals surface area contributed by atoms with E-state index in [9.17, 15) is 9.50 Å². The average molecular weight is 514 g/mol. The lowest BCUT2D eigenvalue weighted by Gasteiger charge is -2.18. The number of hydrogen-bond acceptors (Lipinski definition) is 3. The molecule has 5 nitrogen and oxygen atoms in total. The van der Waals surface area contributed by atoms with Crippen LogP contribution in [0.2, 0.25) is 0 Å². The highest BCUT2D eigenvalue weighted by Gasteiger charge is 2.11. The van der Waals surface area contributed by atoms with Crippen molar-refractivity contribution in [3.63, 3.8) is 0 Å². The molecule has 3 N–H and O–H groups in total. The third-order valence-corrected chi connectivity index (χ3v) is 4.37. The minimum atomic E-state index is -0.194. The molecular formula is C22H32FIN4O. The van der Waals surface area contributed by atoms with Crippen LogP contribution in [0, 0.1) is 5.82 Å². The number of aliphatic hydroxyl groups excluding tert-OH is 1. The fourth-order valence-corrected chi connectivity index (χ4v) is 2.93. The standard InChI is InChI=1S/C22H31FN4O.HI/c1-4-24-22(26-14-20(16-28)18-8-6-5-7-9-18)25-13-17-10-11-21(23)19(12-17)15-27(2)3;/h5-12,20,28H,4,13-16H2,1-3H3,(H2,24,25,26);1H. The van der Waals surface area contributed by atoms with E-state index < -0.39 is 0 Å². The fraction of sp³-hybridized carbons (Fsp3) is 0.409. The van der Waals surface area contributed by atoms with Gasteiger partial charge in [0.1, 0.15) is 5.82 Å². The molecule has 0 saturated carbocycles. The van der Waals surface area contributed by atoms with Gasteiger partial charge in [0.05, 0.1) is 13.2 Å². The SMILES string of the molecule is CCNC(=NCc1ccc(F)c(CN(C)C)c1)NCC(CO)c1ccccc1.I. The average Bonchev–Trinajstić information content (AvgIpc) is 2.69. The number of nitrogens with one attached hydrogen (secondary N) is 2. The van der Waals surface area contributed by atoms with Crippen LogP contribution >= 0.6 is 24.0 Å². The van der Waals surface area contributed by atoms with Crippen molar-refractivity contribution in [2.24, 2.45) is 4.99 Å². The molecule has 1 unspecified atom stereocenters. The predicted molar refractivity (Wildman–Crippen MR) is 128 cm³/mol. The molecule has 0 fully saturated rings. The number of benzene rings is 2. The van der Waals surface area contributed by atoms with Gasteiger partial charge < -0.3 is 20.6 Å². The maximum atomic E-state index is 13.9. The molecular weight excluding hydrogens is 482 g/mol. The van der Waals surface area contributed by atoms with Gasteiger partial charge in [-0.3, -0.25) is 0 Å². The van der Waals surface area contributed by atoms with E-state index in [2.05, 4.69) is 15.6 Å². The number of aliphatic imine (C=N–C) groups is 1. The van der Waals surface area contributed by atoms with E-state index >= 15 is 0 Å². The van der Waals surface area contributed by atoms with Crippen molar-refractivity contribution in [1.82, 2.24) is 15.5 Å². The molecule has 0 amide bonds. The van der Waals surface area contributed by atoms with E-state index in [-0.39, 0.29) is 42.3 Å². The maximum absolute atomic E-state index is 13.9. The van der Waals surface area contributed by atoms with Crippen LogP contribution < -0.4 is 10.6 Å². The molecule has 0 aromatic heterocycles. The highest BCUT2D eigenvalue weighted by molar-refractivity contribution is 14.0. The van der Waals surface area contributed by atoms with Crippen molar-refractivity contribution in [1.29, 1.82) is 0 Å². The topological polar surface area (TPSA) is 59.9 Å². The minimum absolute atomic E-state index is 0. The molecule has 0 aliphatic carbocycles. The molecule has 2 rings (SSSR count). The first-order valence-corrected chi connectivity index (χ1v) is 9.63. The number of nitrogens with zero attached hydrogens (tertiary/aromatic N) is 2. The van der Waals surface area contributed by atoms with Gasteiger partial charge in [0, 0.05) is 31.1 Å². The van der Waals surface area contributed by atoms with Crippen molar-refractivity contribution < 1.29 is 9.50 Å². The summed E-state index contributed by atoms with van der Waals surface area (Å²) in [5.41, 5.74) is 2.71. The molecule has 0 spiro atoms. The molecule has 0 aliphatic rings. The summed E-state index contributed by atoms with van der Waals surface area (Å²) in [4.78, 5) is 6.55. The summed E-state index contributed by atoms with van der Waals surface area (Å²) in [7, 11) is 3.84. The zero-order chi connectivity index (χ0) is 20.4. The van der Waals surface area contributed by atoms with E-state index in [1.54, 1.807) is 6.07 Å². The third-order valence-electron chi connectivity index (χ3n) is 4.37. The minimum Gasteiger partial charge on any atom is -0.396 e. The largest absolute Gasteiger partial charge is 0.396 e. The van der Waals surface area contributed by atoms with Gasteiger partial charge in [0.25, 0.3) is 0 Å². The summed E-state index contributed by atoms with van der Waals surface area (Å²) in [6, 6.07) is 15.1. The Kier molecular flexibility index (Phi) is 11.8. The molecule has 0 bridgehead atoms. The summed E-state index contributed by atoms with van der Waals surface area (Å²) in [6.45, 7) is 4.37. The Bertz CT molecular complexity index is 756. The Morgan fingerprint density at radius 1 is 1.14 bits per heavy atom. The Balaban J connectivity index is 0.00000420. The number of rotatable bonds is 9. The van der Waals surface area contributed by atoms with Crippen molar-refractivity contribution in [2.75, 3.05) is 33.8 Å². The van der Waals surface area contributed by atoms with Crippen molar-refractivity contribution >= 4 is 29.9 Å². The smallest absolute Gasteiger partial charge is 0.191 e. The molecule has 7 heteroatoms. The first-order chi connectivity index (χ1) is 13.5. The Morgan fingerprint density at radius 2 is 1.86 bits per heavy atom. The molecule has 0 heterocycles. The van der Waals surface area contributed by atoms with Gasteiger partial charge in [0.2, 0.25) is 0 Å². The lowest BCUT2D eigenvalue weighted by atomic mass is 10.0. The molecule has 0 saturated heterocycles. The van der Waals surface area contributed by atoms with Crippen LogP contribution in [-0.4, -0.2) is 49.8 Å². The molecule has 160 valence electrons. The highest BCUT2D eigenvalue weighted by atomic mass is 127. The quantitative estimate of drug-likeness (QED) is 0.273. The van der Waals surface area contributed by atoms with Crippen LogP contribution in [0.1, 0.15) is 29.5 Å². The van der Waals surface area contributed by atoms with Gasteiger partial charge in [-0.25, -0.2) is 9.38 Å². The highest BCUT2D eigenvalue weighted by Crippen LogP contribution is 2.14. The van der Waals surface area contributed by atoms with Gasteiger partial charge in [-0.1, -0.05) is 36.4 Å². The second-order valence-corrected chi connectivity index (χ2v) is 7.03. The number of halogens is 2. The Labute approximate surface area is 190 Å². The van der Waals surface area contributed by atoms with E-state index in [0.717, 1.165) is 17.7 Å². The third kappa shape index (κ3) is 8.67. The zero-order valence-corrected chi connectivity index (χ0v) is 19.7. The number of guanidine groups is 1. The molecule has 29 heavy (non-hydrogen) atoms. The van der Waals surface area contributed by atoms with Crippen molar-refractivity contribution in [3.05, 3.63) is 71.0 Å². The van der Waals surface area contributed by atoms with E-state index in [0.29, 0.717) is 31.2 Å². The van der Waals surface area contributed by atoms with Gasteiger partial charge in [-0.15, -0.1) is 24.0 Å². The maximum Gasteiger partial charge on any atom is 0.191 e. The van der Waals surface area contributed by atoms with Gasteiger partial charge in [-0.05, 0) is 44.3 Å². The Morgan fingerprint density at radius 3 is 2.48 bits per heavy atom. The van der Waals surface area contributed by atoms with E-state index in [1.165, 1.54) is 6.07 Å². The number of aliphatic hydroxyl groups is 1. The van der Waals surface area contributed by atoms with Crippen LogP contribution in [0.5, 0.6) is 0 Å². The summed E-state index contributed by atoms with van der Waals surface area (Å²) >= 11 is 0. The summed E-state index contributed by atoms with van der Waals surface area (Å²) in [5.74, 6) is 0.470. The normalized spacial score (nSPS) is 12.4. The van der Waals surface area contributed by atoms with Gasteiger partial charge >= 0.3 is 0 Å². The second kappa shape index (κ2) is 13.5. The van der Waals surface area contributed by atoms with Crippen LogP contribution in [0.25, 0.3) is 0 Å². The molecule has 2 aromatic carbocycles. The van der Waals surface area contributed by atoms with Crippen LogP contribution in [0.3, 0.4) is 0 Å². The number of hydrogen-bond donors (Lipinski definition) is 3. The van der Waals surface area contributed by atoms with Crippen molar-refractivity contribution in [3.8, 4) is 0 Å². The summed E-state index contributed by atoms with van der Waals surface area (Å²) in [5, 5.41) is 16.2. The van der Waals surface area contributed by atoms with E-state index in [4.69, 9.17) is 0 Å². The summed E-state index contributed by atoms with van der Waals surface area (Å²) < 4.78 is 13.9. The van der Waals surface area contributed by atoms with Crippen molar-refractivity contribution in [2.45, 2.75) is 25.9 Å². The van der Waals surface area contributed by atoms with Crippen LogP contribution in [-0.2, 0) is 13.1 Å². The van der Waals surface area contributed by atoms with Crippen LogP contribution in [0.4, 0.5) is 4.39 Å². The van der Waals surface area contributed by atoms with Gasteiger partial charge in [0.15, 0.2) is 5.96 Å². The Hall–Kier alpha value is -1.71. The monoisotopic (exact) mass is 514 g/mol. The first-order valence-electron chi connectivity index (χ1n) is 9.63. The lowest BCUT2D eigenvalue weighted by Crippen LogP contribution is -2.39. The second-order valence-electron chi connectivity index (χ2n) is 7.03. The fourth-order valence-electron chi connectivity index (χ4n) is 2.93. The molecule has 0 radical (unpaired) electrons. The molecule has 1 atom stereocenters. The van der Waals surface area contributed by atoms with Gasteiger partial charge in [-0.2, -0.15) is 0 Å². The first kappa shape index (κ1) is 25.3. The molecule has 0 aliphatic heterocycles.